The highest BCUT2D eigenvalue weighted by Crippen LogP contribution is 2.37. The van der Waals surface area contributed by atoms with E-state index in [0.717, 1.165) is 12.8 Å². The second kappa shape index (κ2) is 6.70. The second-order valence-corrected chi connectivity index (χ2v) is 5.99. The van der Waals surface area contributed by atoms with Gasteiger partial charge in [0.2, 0.25) is 0 Å². The first-order valence-electron chi connectivity index (χ1n) is 8.00. The van der Waals surface area contributed by atoms with Crippen LogP contribution in [-0.2, 0) is 9.53 Å². The van der Waals surface area contributed by atoms with Crippen LogP contribution in [0.4, 0.5) is 5.82 Å². The Bertz CT molecular complexity index is 734. The Morgan fingerprint density at radius 3 is 2.92 bits per heavy atom. The summed E-state index contributed by atoms with van der Waals surface area (Å²) in [4.78, 5) is 24.3. The highest BCUT2D eigenvalue weighted by atomic mass is 16.5. The van der Waals surface area contributed by atoms with Gasteiger partial charge in [-0.15, -0.1) is 0 Å². The minimum absolute atomic E-state index is 0.238. The molecule has 9 nitrogen and oxygen atoms in total. The van der Waals surface area contributed by atoms with Crippen molar-refractivity contribution in [2.75, 3.05) is 12.3 Å². The third kappa shape index (κ3) is 2.80. The molecule has 2 aromatic heterocycles. The lowest BCUT2D eigenvalue weighted by atomic mass is 10.1. The summed E-state index contributed by atoms with van der Waals surface area (Å²) in [5, 5.41) is 20.6. The number of nitrogen functional groups attached to an aromatic ring is 1. The first kappa shape index (κ1) is 16.6. The van der Waals surface area contributed by atoms with Gasteiger partial charge in [-0.3, -0.25) is 4.79 Å². The van der Waals surface area contributed by atoms with E-state index in [1.165, 1.54) is 12.7 Å². The molecule has 0 saturated heterocycles. The van der Waals surface area contributed by atoms with Crippen LogP contribution in [0.25, 0.3) is 11.2 Å². The molecule has 24 heavy (non-hydrogen) atoms. The number of fused-ring (bicyclic) bond motifs is 1. The number of ether oxygens (including phenoxy) is 1. The van der Waals surface area contributed by atoms with Crippen molar-refractivity contribution in [2.24, 2.45) is 5.92 Å². The Hall–Kier alpha value is -2.26. The van der Waals surface area contributed by atoms with E-state index in [4.69, 9.17) is 10.5 Å². The Balaban J connectivity index is 1.81. The number of imidazole rings is 1. The van der Waals surface area contributed by atoms with Gasteiger partial charge in [0.25, 0.3) is 0 Å². The zero-order valence-corrected chi connectivity index (χ0v) is 13.4. The molecular formula is C15H21N5O4. The van der Waals surface area contributed by atoms with Crippen LogP contribution in [0.15, 0.2) is 12.7 Å². The number of unbranched alkanes of at least 4 members (excludes halogenated alkanes) is 1. The summed E-state index contributed by atoms with van der Waals surface area (Å²) in [6, 6.07) is -0.539. The van der Waals surface area contributed by atoms with E-state index in [2.05, 4.69) is 15.0 Å². The molecule has 1 aliphatic rings. The summed E-state index contributed by atoms with van der Waals surface area (Å²) < 4.78 is 6.80. The van der Waals surface area contributed by atoms with Crippen molar-refractivity contribution in [2.45, 2.75) is 44.4 Å². The minimum Gasteiger partial charge on any atom is -0.465 e. The number of nitrogens with two attached hydrogens (primary N) is 1. The van der Waals surface area contributed by atoms with Crippen LogP contribution in [0.1, 0.15) is 32.2 Å². The standard InChI is InChI=1S/C15H21N5O4/c1-2-3-4-24-15(23)8-5-9(12(22)11(8)21)20-7-19-10-13(16)17-6-18-14(10)20/h6-9,11-12,21-22H,2-5H2,1H3,(H2,16,17,18). The normalized spacial score (nSPS) is 26.8. The number of nitrogens with zero attached hydrogens (tertiary/aromatic N) is 4. The molecule has 2 heterocycles. The van der Waals surface area contributed by atoms with E-state index in [9.17, 15) is 15.0 Å². The zero-order valence-electron chi connectivity index (χ0n) is 13.4. The molecule has 4 N–H and O–H groups in total. The second-order valence-electron chi connectivity index (χ2n) is 5.99. The van der Waals surface area contributed by atoms with Gasteiger partial charge in [0.05, 0.1) is 31.0 Å². The quantitative estimate of drug-likeness (QED) is 0.514. The lowest BCUT2D eigenvalue weighted by Gasteiger charge is -2.18. The maximum atomic E-state index is 12.1. The molecule has 130 valence electrons. The van der Waals surface area contributed by atoms with Crippen LogP contribution in [-0.4, -0.2) is 54.5 Å². The maximum absolute atomic E-state index is 12.1. The van der Waals surface area contributed by atoms with Gasteiger partial charge in [0.1, 0.15) is 17.9 Å². The van der Waals surface area contributed by atoms with E-state index >= 15 is 0 Å². The van der Waals surface area contributed by atoms with Crippen molar-refractivity contribution in [1.82, 2.24) is 19.5 Å². The predicted molar refractivity (Wildman–Crippen MR) is 84.8 cm³/mol. The number of rotatable bonds is 5. The molecule has 0 radical (unpaired) electrons. The molecule has 4 unspecified atom stereocenters. The highest BCUT2D eigenvalue weighted by Gasteiger charge is 2.47. The molecular weight excluding hydrogens is 314 g/mol. The first-order valence-corrected chi connectivity index (χ1v) is 8.00. The summed E-state index contributed by atoms with van der Waals surface area (Å²) in [7, 11) is 0. The van der Waals surface area contributed by atoms with Gasteiger partial charge in [-0.25, -0.2) is 15.0 Å². The van der Waals surface area contributed by atoms with E-state index in [1.54, 1.807) is 4.57 Å². The van der Waals surface area contributed by atoms with Crippen molar-refractivity contribution in [3.8, 4) is 0 Å². The molecule has 0 spiro atoms. The topological polar surface area (TPSA) is 136 Å². The lowest BCUT2D eigenvalue weighted by Crippen LogP contribution is -2.33. The van der Waals surface area contributed by atoms with Crippen LogP contribution in [0, 0.1) is 5.92 Å². The number of carbonyl (C=O) groups is 1. The molecule has 0 aliphatic heterocycles. The van der Waals surface area contributed by atoms with Crippen molar-refractivity contribution < 1.29 is 19.7 Å². The number of hydrogen-bond acceptors (Lipinski definition) is 8. The fourth-order valence-electron chi connectivity index (χ4n) is 3.06. The predicted octanol–water partition coefficient (Wildman–Crippen LogP) is 0.0346. The lowest BCUT2D eigenvalue weighted by molar-refractivity contribution is -0.152. The molecule has 0 bridgehead atoms. The summed E-state index contributed by atoms with van der Waals surface area (Å²) >= 11 is 0. The van der Waals surface area contributed by atoms with E-state index in [0.29, 0.717) is 17.8 Å². The van der Waals surface area contributed by atoms with Crippen LogP contribution in [0.5, 0.6) is 0 Å². The van der Waals surface area contributed by atoms with Crippen LogP contribution >= 0.6 is 0 Å². The first-order chi connectivity index (χ1) is 11.5. The van der Waals surface area contributed by atoms with Crippen LogP contribution < -0.4 is 5.73 Å². The van der Waals surface area contributed by atoms with Crippen LogP contribution in [0.2, 0.25) is 0 Å². The highest BCUT2D eigenvalue weighted by molar-refractivity contribution is 5.81. The molecule has 1 saturated carbocycles. The SMILES string of the molecule is CCCCOC(=O)C1CC(n2cnc3c(N)ncnc32)C(O)C1O. The number of anilines is 1. The number of aromatic nitrogens is 4. The Morgan fingerprint density at radius 1 is 1.38 bits per heavy atom. The summed E-state index contributed by atoms with van der Waals surface area (Å²) in [6.45, 7) is 2.31. The number of hydrogen-bond donors (Lipinski definition) is 3. The molecule has 1 fully saturated rings. The third-order valence-corrected chi connectivity index (χ3v) is 4.44. The fraction of sp³-hybridized carbons (Fsp3) is 0.600. The smallest absolute Gasteiger partial charge is 0.311 e. The monoisotopic (exact) mass is 335 g/mol. The number of esters is 1. The Kier molecular flexibility index (Phi) is 4.63. The molecule has 3 rings (SSSR count). The van der Waals surface area contributed by atoms with Crippen molar-refractivity contribution in [3.63, 3.8) is 0 Å². The minimum atomic E-state index is -1.19. The summed E-state index contributed by atoms with van der Waals surface area (Å²) in [5.74, 6) is -1.03. The van der Waals surface area contributed by atoms with Gasteiger partial charge < -0.3 is 25.3 Å². The maximum Gasteiger partial charge on any atom is 0.311 e. The number of aliphatic hydroxyl groups excluding tert-OH is 2. The van der Waals surface area contributed by atoms with Gasteiger partial charge in [-0.05, 0) is 12.8 Å². The molecule has 1 aliphatic carbocycles. The van der Waals surface area contributed by atoms with Gasteiger partial charge in [0.15, 0.2) is 11.5 Å². The van der Waals surface area contributed by atoms with Crippen molar-refractivity contribution >= 4 is 23.0 Å². The molecule has 0 amide bonds. The third-order valence-electron chi connectivity index (χ3n) is 4.44. The van der Waals surface area contributed by atoms with Crippen molar-refractivity contribution in [3.05, 3.63) is 12.7 Å². The van der Waals surface area contributed by atoms with E-state index < -0.39 is 30.1 Å². The van der Waals surface area contributed by atoms with Gasteiger partial charge in [-0.2, -0.15) is 0 Å². The van der Waals surface area contributed by atoms with Crippen LogP contribution in [0.3, 0.4) is 0 Å². The van der Waals surface area contributed by atoms with Crippen molar-refractivity contribution in [1.29, 1.82) is 0 Å². The van der Waals surface area contributed by atoms with E-state index in [-0.39, 0.29) is 12.2 Å². The Morgan fingerprint density at radius 2 is 2.17 bits per heavy atom. The summed E-state index contributed by atoms with van der Waals surface area (Å²) in [6.07, 6.45) is 2.40. The Labute approximate surface area is 138 Å². The molecule has 4 atom stereocenters. The van der Waals surface area contributed by atoms with Gasteiger partial charge in [-0.1, -0.05) is 13.3 Å². The largest absolute Gasteiger partial charge is 0.465 e. The zero-order chi connectivity index (χ0) is 17.3. The van der Waals surface area contributed by atoms with Gasteiger partial charge in [0, 0.05) is 0 Å². The fourth-order valence-corrected chi connectivity index (χ4v) is 3.06. The average Bonchev–Trinajstić information content (AvgIpc) is 3.11. The van der Waals surface area contributed by atoms with E-state index in [1.807, 2.05) is 6.92 Å². The average molecular weight is 335 g/mol. The summed E-state index contributed by atoms with van der Waals surface area (Å²) in [5.41, 5.74) is 6.64. The van der Waals surface area contributed by atoms with Gasteiger partial charge >= 0.3 is 5.97 Å². The molecule has 9 heteroatoms. The molecule has 0 aromatic carbocycles. The number of aliphatic hydroxyl groups is 2. The number of carbonyl (C=O) groups excluding carboxylic acids is 1. The molecule has 2 aromatic rings.